The lowest BCUT2D eigenvalue weighted by Crippen LogP contribution is -2.19. The molecule has 27 heavy (non-hydrogen) atoms. The number of benzene rings is 2. The first-order valence-electron chi connectivity index (χ1n) is 7.80. The van der Waals surface area contributed by atoms with Crippen molar-refractivity contribution in [2.24, 2.45) is 0 Å². The van der Waals surface area contributed by atoms with E-state index < -0.39 is 27.7 Å². The smallest absolute Gasteiger partial charge is 0.416 e. The first-order chi connectivity index (χ1) is 12.5. The second-order valence-electron chi connectivity index (χ2n) is 4.92. The summed E-state index contributed by atoms with van der Waals surface area (Å²) in [6, 6.07) is 7.36. The first-order valence-corrected chi connectivity index (χ1v) is 9.28. The van der Waals surface area contributed by atoms with Gasteiger partial charge in [0.15, 0.2) is 0 Å². The number of nitrogens with one attached hydrogen (secondary N) is 2. The van der Waals surface area contributed by atoms with Crippen molar-refractivity contribution in [3.63, 3.8) is 0 Å². The molecule has 0 unspecified atom stereocenters. The molecule has 0 atom stereocenters. The standard InChI is InChI=1S/C15H13F3N2O4S.C2H6/c1-19-25(23,24)11-6-7-13(12(8-11)14(21)22)20-10-4-2-9(3-5-10)15(16,17)18;1-2/h2-8,19-20H,1H3,(H,21,22);1-2H3. The molecular weight excluding hydrogens is 385 g/mol. The molecule has 0 saturated heterocycles. The monoisotopic (exact) mass is 404 g/mol. The minimum atomic E-state index is -4.48. The van der Waals surface area contributed by atoms with Gasteiger partial charge in [-0.25, -0.2) is 17.9 Å². The topological polar surface area (TPSA) is 95.5 Å². The summed E-state index contributed by atoms with van der Waals surface area (Å²) in [5.41, 5.74) is -0.912. The molecular formula is C17H19F3N2O4S. The van der Waals surface area contributed by atoms with Crippen molar-refractivity contribution in [1.82, 2.24) is 4.72 Å². The van der Waals surface area contributed by atoms with Gasteiger partial charge in [-0.2, -0.15) is 13.2 Å². The van der Waals surface area contributed by atoms with Gasteiger partial charge in [0.1, 0.15) is 0 Å². The zero-order chi connectivity index (χ0) is 20.8. The highest BCUT2D eigenvalue weighted by Gasteiger charge is 2.30. The fraction of sp³-hybridized carbons (Fsp3) is 0.235. The van der Waals surface area contributed by atoms with E-state index in [9.17, 15) is 31.5 Å². The van der Waals surface area contributed by atoms with Crippen molar-refractivity contribution in [3.05, 3.63) is 53.6 Å². The molecule has 2 aromatic rings. The predicted octanol–water partition coefficient (Wildman–Crippen LogP) is 4.08. The molecule has 0 aliphatic rings. The molecule has 2 aromatic carbocycles. The molecule has 10 heteroatoms. The molecule has 0 radical (unpaired) electrons. The zero-order valence-electron chi connectivity index (χ0n) is 14.8. The number of carboxylic acid groups (broad SMARTS) is 1. The summed E-state index contributed by atoms with van der Waals surface area (Å²) in [6.45, 7) is 4.00. The van der Waals surface area contributed by atoms with Crippen LogP contribution in [-0.4, -0.2) is 26.5 Å². The largest absolute Gasteiger partial charge is 0.478 e. The number of halogens is 3. The maximum atomic E-state index is 12.5. The van der Waals surface area contributed by atoms with Crippen LogP contribution in [0, 0.1) is 0 Å². The van der Waals surface area contributed by atoms with E-state index in [1.165, 1.54) is 19.2 Å². The van der Waals surface area contributed by atoms with Crippen molar-refractivity contribution >= 4 is 27.4 Å². The Morgan fingerprint density at radius 3 is 2.04 bits per heavy atom. The highest BCUT2D eigenvalue weighted by molar-refractivity contribution is 7.89. The lowest BCUT2D eigenvalue weighted by Gasteiger charge is -2.13. The zero-order valence-corrected chi connectivity index (χ0v) is 15.6. The summed E-state index contributed by atoms with van der Waals surface area (Å²) >= 11 is 0. The molecule has 0 heterocycles. The number of carbonyl (C=O) groups is 1. The molecule has 0 aliphatic heterocycles. The minimum absolute atomic E-state index is 0.0438. The van der Waals surface area contributed by atoms with Crippen molar-refractivity contribution in [3.8, 4) is 0 Å². The van der Waals surface area contributed by atoms with Gasteiger partial charge in [0.25, 0.3) is 0 Å². The Kier molecular flexibility index (Phi) is 7.37. The molecule has 0 amide bonds. The van der Waals surface area contributed by atoms with E-state index in [2.05, 4.69) is 10.0 Å². The summed E-state index contributed by atoms with van der Waals surface area (Å²) in [7, 11) is -2.65. The van der Waals surface area contributed by atoms with Crippen molar-refractivity contribution in [1.29, 1.82) is 0 Å². The van der Waals surface area contributed by atoms with Gasteiger partial charge in [0.2, 0.25) is 10.0 Å². The third kappa shape index (κ3) is 5.69. The van der Waals surface area contributed by atoms with Crippen LogP contribution in [0.15, 0.2) is 47.4 Å². The highest BCUT2D eigenvalue weighted by Crippen LogP contribution is 2.31. The predicted molar refractivity (Wildman–Crippen MR) is 95.7 cm³/mol. The third-order valence-corrected chi connectivity index (χ3v) is 4.70. The number of aromatic carboxylic acids is 1. The van der Waals surface area contributed by atoms with E-state index in [1.54, 1.807) is 0 Å². The Hall–Kier alpha value is -2.59. The minimum Gasteiger partial charge on any atom is -0.478 e. The van der Waals surface area contributed by atoms with Crippen LogP contribution >= 0.6 is 0 Å². The van der Waals surface area contributed by atoms with Gasteiger partial charge in [-0.3, -0.25) is 0 Å². The molecule has 0 aliphatic carbocycles. The Morgan fingerprint density at radius 1 is 1.04 bits per heavy atom. The maximum Gasteiger partial charge on any atom is 0.416 e. The Labute approximate surface area is 155 Å². The molecule has 2 rings (SSSR count). The van der Waals surface area contributed by atoms with Gasteiger partial charge in [0, 0.05) is 5.69 Å². The lowest BCUT2D eigenvalue weighted by molar-refractivity contribution is -0.137. The quantitative estimate of drug-likeness (QED) is 0.698. The van der Waals surface area contributed by atoms with Crippen LogP contribution in [-0.2, 0) is 16.2 Å². The van der Waals surface area contributed by atoms with Gasteiger partial charge in [-0.1, -0.05) is 13.8 Å². The number of carboxylic acids is 1. The molecule has 0 saturated carbocycles. The molecule has 6 nitrogen and oxygen atoms in total. The van der Waals surface area contributed by atoms with Gasteiger partial charge < -0.3 is 10.4 Å². The number of anilines is 2. The average molecular weight is 404 g/mol. The van der Waals surface area contributed by atoms with Crippen LogP contribution in [0.4, 0.5) is 24.5 Å². The van der Waals surface area contributed by atoms with E-state index in [-0.39, 0.29) is 21.8 Å². The van der Waals surface area contributed by atoms with Gasteiger partial charge in [-0.05, 0) is 49.5 Å². The molecule has 0 bridgehead atoms. The number of hydrogen-bond donors (Lipinski definition) is 3. The molecule has 3 N–H and O–H groups in total. The Morgan fingerprint density at radius 2 is 1.59 bits per heavy atom. The summed E-state index contributed by atoms with van der Waals surface area (Å²) in [5.74, 6) is -1.39. The van der Waals surface area contributed by atoms with Crippen LogP contribution < -0.4 is 10.0 Å². The summed E-state index contributed by atoms with van der Waals surface area (Å²) in [4.78, 5) is 11.1. The van der Waals surface area contributed by atoms with Gasteiger partial charge >= 0.3 is 12.1 Å². The summed E-state index contributed by atoms with van der Waals surface area (Å²) < 4.78 is 63.2. The van der Waals surface area contributed by atoms with E-state index in [0.29, 0.717) is 0 Å². The number of rotatable bonds is 5. The number of alkyl halides is 3. The van der Waals surface area contributed by atoms with Crippen LogP contribution in [0.5, 0.6) is 0 Å². The van der Waals surface area contributed by atoms with E-state index >= 15 is 0 Å². The van der Waals surface area contributed by atoms with Crippen LogP contribution in [0.25, 0.3) is 0 Å². The van der Waals surface area contributed by atoms with Gasteiger partial charge in [-0.15, -0.1) is 0 Å². The van der Waals surface area contributed by atoms with Crippen LogP contribution in [0.3, 0.4) is 0 Å². The van der Waals surface area contributed by atoms with Crippen molar-refractivity contribution < 1.29 is 31.5 Å². The summed E-state index contributed by atoms with van der Waals surface area (Å²) in [6.07, 6.45) is -4.48. The second-order valence-corrected chi connectivity index (χ2v) is 6.81. The highest BCUT2D eigenvalue weighted by atomic mass is 32.2. The lowest BCUT2D eigenvalue weighted by atomic mass is 10.1. The van der Waals surface area contributed by atoms with Crippen molar-refractivity contribution in [2.75, 3.05) is 12.4 Å². The fourth-order valence-electron chi connectivity index (χ4n) is 1.99. The average Bonchev–Trinajstić information content (AvgIpc) is 2.63. The normalized spacial score (nSPS) is 11.3. The van der Waals surface area contributed by atoms with E-state index in [1.807, 2.05) is 13.8 Å². The fourth-order valence-corrected chi connectivity index (χ4v) is 2.75. The molecule has 0 aromatic heterocycles. The van der Waals surface area contributed by atoms with Crippen molar-refractivity contribution in [2.45, 2.75) is 24.9 Å². The molecule has 0 spiro atoms. The second kappa shape index (κ2) is 8.87. The van der Waals surface area contributed by atoms with Crippen LogP contribution in [0.1, 0.15) is 29.8 Å². The summed E-state index contributed by atoms with van der Waals surface area (Å²) in [5, 5.41) is 11.9. The number of sulfonamides is 1. The van der Waals surface area contributed by atoms with E-state index in [4.69, 9.17) is 0 Å². The Bertz CT molecular complexity index is 895. The maximum absolute atomic E-state index is 12.5. The van der Waals surface area contributed by atoms with Gasteiger partial charge in [0.05, 0.1) is 21.7 Å². The molecule has 148 valence electrons. The Balaban J connectivity index is 0.00000176. The molecule has 0 fully saturated rings. The SMILES string of the molecule is CC.CNS(=O)(=O)c1ccc(Nc2ccc(C(F)(F)F)cc2)c(C(=O)O)c1. The van der Waals surface area contributed by atoms with Crippen LogP contribution in [0.2, 0.25) is 0 Å². The first kappa shape index (κ1) is 22.5. The third-order valence-electron chi connectivity index (χ3n) is 3.29. The number of hydrogen-bond acceptors (Lipinski definition) is 4. The van der Waals surface area contributed by atoms with E-state index in [0.717, 1.165) is 30.3 Å².